The number of hydrogen-bond acceptors (Lipinski definition) is 4. The highest BCUT2D eigenvalue weighted by molar-refractivity contribution is 5.65. The van der Waals surface area contributed by atoms with E-state index in [0.717, 1.165) is 0 Å². The maximum Gasteiger partial charge on any atom is 0.101 e. The Morgan fingerprint density at radius 3 is 2.46 bits per heavy atom. The van der Waals surface area contributed by atoms with Crippen molar-refractivity contribution in [2.24, 2.45) is 0 Å². The van der Waals surface area contributed by atoms with Crippen molar-refractivity contribution in [3.05, 3.63) is 23.3 Å². The van der Waals surface area contributed by atoms with E-state index >= 15 is 0 Å². The molecule has 0 bridgehead atoms. The number of anilines is 2. The van der Waals surface area contributed by atoms with Crippen LogP contribution in [0.1, 0.15) is 11.1 Å². The average Bonchev–Trinajstić information content (AvgIpc) is 2.11. The van der Waals surface area contributed by atoms with E-state index in [9.17, 15) is 0 Å². The smallest absolute Gasteiger partial charge is 0.101 e. The molecule has 0 fully saturated rings. The molecule has 4 nitrogen and oxygen atoms in total. The molecule has 0 radical (unpaired) electrons. The zero-order chi connectivity index (χ0) is 9.84. The first kappa shape index (κ1) is 8.89. The fourth-order valence-corrected chi connectivity index (χ4v) is 1.06. The molecule has 64 valence electrons. The predicted octanol–water partition coefficient (Wildman–Crippen LogP) is 0.789. The highest BCUT2D eigenvalue weighted by atomic mass is 14.6. The Balaban J connectivity index is 3.31. The standard InChI is InChI=1S/C9H8N4/c10-2-1-6-3-8(12)4-7(5-11)9(6)13/h3-4H,1,12-13H2. The van der Waals surface area contributed by atoms with Gasteiger partial charge in [-0.3, -0.25) is 0 Å². The Morgan fingerprint density at radius 1 is 1.23 bits per heavy atom. The molecular weight excluding hydrogens is 164 g/mol. The summed E-state index contributed by atoms with van der Waals surface area (Å²) in [6, 6.07) is 6.99. The van der Waals surface area contributed by atoms with Gasteiger partial charge in [0.05, 0.1) is 23.7 Å². The van der Waals surface area contributed by atoms with Crippen molar-refractivity contribution in [3.8, 4) is 12.1 Å². The van der Waals surface area contributed by atoms with Crippen molar-refractivity contribution in [3.63, 3.8) is 0 Å². The van der Waals surface area contributed by atoms with E-state index in [1.807, 2.05) is 12.1 Å². The van der Waals surface area contributed by atoms with E-state index in [0.29, 0.717) is 22.5 Å². The monoisotopic (exact) mass is 172 g/mol. The van der Waals surface area contributed by atoms with E-state index in [2.05, 4.69) is 0 Å². The van der Waals surface area contributed by atoms with Crippen LogP contribution in [0.25, 0.3) is 0 Å². The zero-order valence-corrected chi connectivity index (χ0v) is 6.91. The summed E-state index contributed by atoms with van der Waals surface area (Å²) in [6.45, 7) is 0. The largest absolute Gasteiger partial charge is 0.399 e. The van der Waals surface area contributed by atoms with E-state index in [1.54, 1.807) is 6.07 Å². The summed E-state index contributed by atoms with van der Waals surface area (Å²) in [5.41, 5.74) is 12.9. The SMILES string of the molecule is N#CCc1cc(N)cc(C#N)c1N. The summed E-state index contributed by atoms with van der Waals surface area (Å²) < 4.78 is 0. The average molecular weight is 172 g/mol. The van der Waals surface area contributed by atoms with Crippen LogP contribution >= 0.6 is 0 Å². The number of nitrogens with two attached hydrogens (primary N) is 2. The highest BCUT2D eigenvalue weighted by Gasteiger charge is 2.05. The van der Waals surface area contributed by atoms with Gasteiger partial charge in [0.2, 0.25) is 0 Å². The van der Waals surface area contributed by atoms with Crippen LogP contribution in [0.5, 0.6) is 0 Å². The van der Waals surface area contributed by atoms with Crippen LogP contribution in [0.15, 0.2) is 12.1 Å². The third-order valence-corrected chi connectivity index (χ3v) is 1.68. The van der Waals surface area contributed by atoms with Crippen LogP contribution in [0.3, 0.4) is 0 Å². The van der Waals surface area contributed by atoms with E-state index < -0.39 is 0 Å². The second-order valence-electron chi connectivity index (χ2n) is 2.59. The minimum atomic E-state index is 0.172. The van der Waals surface area contributed by atoms with Crippen LogP contribution in [0.2, 0.25) is 0 Å². The Kier molecular flexibility index (Phi) is 2.37. The number of nitriles is 2. The molecule has 0 spiro atoms. The topological polar surface area (TPSA) is 99.6 Å². The lowest BCUT2D eigenvalue weighted by atomic mass is 10.0. The lowest BCUT2D eigenvalue weighted by Crippen LogP contribution is -1.99. The number of benzene rings is 1. The fraction of sp³-hybridized carbons (Fsp3) is 0.111. The van der Waals surface area contributed by atoms with Crippen LogP contribution in [-0.4, -0.2) is 0 Å². The van der Waals surface area contributed by atoms with Gasteiger partial charge in [-0.1, -0.05) is 0 Å². The molecule has 4 heteroatoms. The van der Waals surface area contributed by atoms with Gasteiger partial charge < -0.3 is 11.5 Å². The Morgan fingerprint density at radius 2 is 1.92 bits per heavy atom. The minimum absolute atomic E-state index is 0.172. The van der Waals surface area contributed by atoms with Gasteiger partial charge >= 0.3 is 0 Å². The maximum atomic E-state index is 8.67. The molecule has 0 heterocycles. The first-order valence-electron chi connectivity index (χ1n) is 3.64. The Labute approximate surface area is 76.0 Å². The fourth-order valence-electron chi connectivity index (χ4n) is 1.06. The normalized spacial score (nSPS) is 8.77. The molecular formula is C9H8N4. The zero-order valence-electron chi connectivity index (χ0n) is 6.91. The molecule has 13 heavy (non-hydrogen) atoms. The molecule has 0 amide bonds. The van der Waals surface area contributed by atoms with Gasteiger partial charge in [-0.05, 0) is 17.7 Å². The van der Waals surface area contributed by atoms with Gasteiger partial charge in [0, 0.05) is 5.69 Å². The molecule has 1 aromatic carbocycles. The first-order chi connectivity index (χ1) is 6.19. The molecule has 0 saturated heterocycles. The Hall–Kier alpha value is -2.20. The van der Waals surface area contributed by atoms with Gasteiger partial charge in [0.1, 0.15) is 6.07 Å². The minimum Gasteiger partial charge on any atom is -0.399 e. The van der Waals surface area contributed by atoms with Crippen LogP contribution in [0, 0.1) is 22.7 Å². The summed E-state index contributed by atoms with van der Waals surface area (Å²) in [6.07, 6.45) is 0.172. The van der Waals surface area contributed by atoms with Gasteiger partial charge in [-0.25, -0.2) is 0 Å². The molecule has 0 aliphatic heterocycles. The van der Waals surface area contributed by atoms with Crippen molar-refractivity contribution in [1.29, 1.82) is 10.5 Å². The molecule has 0 unspecified atom stereocenters. The molecule has 1 rings (SSSR count). The van der Waals surface area contributed by atoms with E-state index in [-0.39, 0.29) is 6.42 Å². The summed E-state index contributed by atoms with van der Waals surface area (Å²) in [5, 5.41) is 17.1. The van der Waals surface area contributed by atoms with E-state index in [4.69, 9.17) is 22.0 Å². The number of nitrogens with zero attached hydrogens (tertiary/aromatic N) is 2. The predicted molar refractivity (Wildman–Crippen MR) is 49.3 cm³/mol. The third kappa shape index (κ3) is 1.69. The molecule has 0 aliphatic rings. The number of rotatable bonds is 1. The van der Waals surface area contributed by atoms with E-state index in [1.165, 1.54) is 6.07 Å². The van der Waals surface area contributed by atoms with Gasteiger partial charge in [0.15, 0.2) is 0 Å². The van der Waals surface area contributed by atoms with Crippen LogP contribution in [0.4, 0.5) is 11.4 Å². The number of nitrogen functional groups attached to an aromatic ring is 2. The quantitative estimate of drug-likeness (QED) is 0.611. The maximum absolute atomic E-state index is 8.67. The second-order valence-corrected chi connectivity index (χ2v) is 2.59. The van der Waals surface area contributed by atoms with Crippen molar-refractivity contribution >= 4 is 11.4 Å². The lowest BCUT2D eigenvalue weighted by molar-refractivity contribution is 1.26. The molecule has 4 N–H and O–H groups in total. The van der Waals surface area contributed by atoms with Crippen molar-refractivity contribution < 1.29 is 0 Å². The van der Waals surface area contributed by atoms with Crippen LogP contribution in [-0.2, 0) is 6.42 Å². The van der Waals surface area contributed by atoms with Crippen molar-refractivity contribution in [1.82, 2.24) is 0 Å². The third-order valence-electron chi connectivity index (χ3n) is 1.68. The Bertz CT molecular complexity index is 409. The molecule has 0 aliphatic carbocycles. The second kappa shape index (κ2) is 3.46. The molecule has 0 saturated carbocycles. The molecule has 0 aromatic heterocycles. The summed E-state index contributed by atoms with van der Waals surface area (Å²) in [5.74, 6) is 0. The molecule has 0 atom stereocenters. The van der Waals surface area contributed by atoms with Gasteiger partial charge in [0.25, 0.3) is 0 Å². The number of hydrogen-bond donors (Lipinski definition) is 2. The van der Waals surface area contributed by atoms with Crippen molar-refractivity contribution in [2.75, 3.05) is 11.5 Å². The van der Waals surface area contributed by atoms with Crippen molar-refractivity contribution in [2.45, 2.75) is 6.42 Å². The summed E-state index contributed by atoms with van der Waals surface area (Å²) in [7, 11) is 0. The molecule has 1 aromatic rings. The highest BCUT2D eigenvalue weighted by Crippen LogP contribution is 2.21. The van der Waals surface area contributed by atoms with Gasteiger partial charge in [-0.15, -0.1) is 0 Å². The lowest BCUT2D eigenvalue weighted by Gasteiger charge is -2.04. The summed E-state index contributed by atoms with van der Waals surface area (Å²) in [4.78, 5) is 0. The van der Waals surface area contributed by atoms with Gasteiger partial charge in [-0.2, -0.15) is 10.5 Å². The first-order valence-corrected chi connectivity index (χ1v) is 3.64. The summed E-state index contributed by atoms with van der Waals surface area (Å²) >= 11 is 0. The van der Waals surface area contributed by atoms with Crippen LogP contribution < -0.4 is 11.5 Å².